The number of carboxylic acid groups (broad SMARTS) is 1. The Morgan fingerprint density at radius 3 is 2.81 bits per heavy atom. The van der Waals surface area contributed by atoms with Crippen LogP contribution >= 0.6 is 15.9 Å². The van der Waals surface area contributed by atoms with Gasteiger partial charge in [0.15, 0.2) is 0 Å². The monoisotopic (exact) mass is 381 g/mol. The molecule has 1 aliphatic heterocycles. The highest BCUT2D eigenvalue weighted by molar-refractivity contribution is 9.10. The molecule has 0 bridgehead atoms. The van der Waals surface area contributed by atoms with E-state index in [1.807, 2.05) is 0 Å². The van der Waals surface area contributed by atoms with Crippen LogP contribution in [0.1, 0.15) is 6.92 Å². The van der Waals surface area contributed by atoms with Crippen molar-refractivity contribution >= 4 is 31.9 Å². The lowest BCUT2D eigenvalue weighted by Crippen LogP contribution is -2.49. The zero-order valence-corrected chi connectivity index (χ0v) is 13.4. The van der Waals surface area contributed by atoms with Gasteiger partial charge in [-0.25, -0.2) is 17.5 Å². The van der Waals surface area contributed by atoms with Crippen molar-refractivity contribution in [3.05, 3.63) is 28.5 Å². The first kappa shape index (κ1) is 16.3. The standard InChI is InChI=1S/C12H13BrFNO5S/c1-12(11(16)17)6-20-5-10(12)15-21(18,19)9-3-2-7(13)4-8(9)14/h2-4,10,15H,5-6H2,1H3,(H,16,17). The highest BCUT2D eigenvalue weighted by Gasteiger charge is 2.48. The summed E-state index contributed by atoms with van der Waals surface area (Å²) in [5.74, 6) is -2.10. The Bertz CT molecular complexity index is 680. The molecule has 1 fully saturated rings. The van der Waals surface area contributed by atoms with E-state index in [9.17, 15) is 22.7 Å². The van der Waals surface area contributed by atoms with Crippen molar-refractivity contribution < 1.29 is 27.4 Å². The minimum atomic E-state index is -4.18. The minimum Gasteiger partial charge on any atom is -0.481 e. The predicted molar refractivity (Wildman–Crippen MR) is 74.8 cm³/mol. The van der Waals surface area contributed by atoms with Gasteiger partial charge in [-0.05, 0) is 25.1 Å². The summed E-state index contributed by atoms with van der Waals surface area (Å²) < 4.78 is 45.9. The van der Waals surface area contributed by atoms with E-state index in [2.05, 4.69) is 20.7 Å². The number of aliphatic carboxylic acids is 1. The van der Waals surface area contributed by atoms with Crippen molar-refractivity contribution in [2.75, 3.05) is 13.2 Å². The molecule has 2 atom stereocenters. The molecule has 0 spiro atoms. The number of carbonyl (C=O) groups is 1. The topological polar surface area (TPSA) is 92.7 Å². The van der Waals surface area contributed by atoms with E-state index in [0.29, 0.717) is 4.47 Å². The first-order chi connectivity index (χ1) is 9.67. The Morgan fingerprint density at radius 2 is 2.24 bits per heavy atom. The summed E-state index contributed by atoms with van der Waals surface area (Å²) >= 11 is 3.04. The van der Waals surface area contributed by atoms with Gasteiger partial charge in [0, 0.05) is 4.47 Å². The van der Waals surface area contributed by atoms with Crippen molar-refractivity contribution in [2.45, 2.75) is 17.9 Å². The van der Waals surface area contributed by atoms with Crippen LogP contribution in [0.2, 0.25) is 0 Å². The third-order valence-corrected chi connectivity index (χ3v) is 5.42. The number of ether oxygens (including phenoxy) is 1. The molecule has 0 saturated carbocycles. The molecule has 2 N–H and O–H groups in total. The lowest BCUT2D eigenvalue weighted by Gasteiger charge is -2.25. The number of carboxylic acids is 1. The SMILES string of the molecule is CC1(C(=O)O)COCC1NS(=O)(=O)c1ccc(Br)cc1F. The second-order valence-corrected chi connectivity index (χ2v) is 7.58. The maximum absolute atomic E-state index is 13.8. The van der Waals surface area contributed by atoms with E-state index < -0.39 is 38.2 Å². The molecule has 116 valence electrons. The Labute approximate surface area is 129 Å². The number of nitrogens with one attached hydrogen (secondary N) is 1. The van der Waals surface area contributed by atoms with Crippen LogP contribution in [0.3, 0.4) is 0 Å². The number of hydrogen-bond acceptors (Lipinski definition) is 4. The van der Waals surface area contributed by atoms with E-state index >= 15 is 0 Å². The molecule has 2 unspecified atom stereocenters. The van der Waals surface area contributed by atoms with E-state index in [-0.39, 0.29) is 13.2 Å². The second kappa shape index (κ2) is 5.64. The number of rotatable bonds is 4. The molecular formula is C12H13BrFNO5S. The molecule has 1 aliphatic rings. The predicted octanol–water partition coefficient (Wildman–Crippen LogP) is 1.36. The first-order valence-electron chi connectivity index (χ1n) is 5.95. The molecule has 1 aromatic carbocycles. The van der Waals surface area contributed by atoms with E-state index in [1.165, 1.54) is 13.0 Å². The van der Waals surface area contributed by atoms with Gasteiger partial charge in [-0.1, -0.05) is 15.9 Å². The summed E-state index contributed by atoms with van der Waals surface area (Å²) in [7, 11) is -4.18. The molecule has 0 radical (unpaired) electrons. The van der Waals surface area contributed by atoms with Gasteiger partial charge in [-0.3, -0.25) is 4.79 Å². The molecule has 0 aliphatic carbocycles. The molecule has 1 saturated heterocycles. The Hall–Kier alpha value is -1.03. The smallest absolute Gasteiger partial charge is 0.313 e. The minimum absolute atomic E-state index is 0.0832. The largest absolute Gasteiger partial charge is 0.481 e. The fraction of sp³-hybridized carbons (Fsp3) is 0.417. The normalized spacial score (nSPS) is 26.0. The van der Waals surface area contributed by atoms with Crippen LogP contribution in [-0.4, -0.2) is 38.7 Å². The molecule has 1 aromatic rings. The van der Waals surface area contributed by atoms with Gasteiger partial charge < -0.3 is 9.84 Å². The summed E-state index contributed by atoms with van der Waals surface area (Å²) in [4.78, 5) is 10.7. The fourth-order valence-corrected chi connectivity index (χ4v) is 3.72. The van der Waals surface area contributed by atoms with Crippen molar-refractivity contribution in [1.29, 1.82) is 0 Å². The van der Waals surface area contributed by atoms with Crippen molar-refractivity contribution in [2.24, 2.45) is 5.41 Å². The van der Waals surface area contributed by atoms with E-state index in [0.717, 1.165) is 12.1 Å². The summed E-state index contributed by atoms with van der Waals surface area (Å²) in [5.41, 5.74) is -1.39. The number of benzene rings is 1. The molecular weight excluding hydrogens is 369 g/mol. The van der Waals surface area contributed by atoms with Gasteiger partial charge in [0.25, 0.3) is 0 Å². The fourth-order valence-electron chi connectivity index (χ4n) is 1.99. The van der Waals surface area contributed by atoms with Crippen LogP contribution in [-0.2, 0) is 19.6 Å². The van der Waals surface area contributed by atoms with E-state index in [4.69, 9.17) is 4.74 Å². The zero-order valence-electron chi connectivity index (χ0n) is 11.0. The van der Waals surface area contributed by atoms with Gasteiger partial charge in [-0.2, -0.15) is 0 Å². The van der Waals surface area contributed by atoms with Crippen LogP contribution in [0, 0.1) is 11.2 Å². The highest BCUT2D eigenvalue weighted by atomic mass is 79.9. The van der Waals surface area contributed by atoms with Gasteiger partial charge in [0.2, 0.25) is 10.0 Å². The average Bonchev–Trinajstić information content (AvgIpc) is 2.71. The van der Waals surface area contributed by atoms with Crippen molar-refractivity contribution in [3.63, 3.8) is 0 Å². The molecule has 0 amide bonds. The number of sulfonamides is 1. The Balaban J connectivity index is 2.31. The maximum Gasteiger partial charge on any atom is 0.313 e. The quantitative estimate of drug-likeness (QED) is 0.821. The first-order valence-corrected chi connectivity index (χ1v) is 8.23. The van der Waals surface area contributed by atoms with Crippen LogP contribution in [0.5, 0.6) is 0 Å². The van der Waals surface area contributed by atoms with Crippen LogP contribution in [0.25, 0.3) is 0 Å². The number of halogens is 2. The van der Waals surface area contributed by atoms with Gasteiger partial charge in [0.1, 0.15) is 16.1 Å². The van der Waals surface area contributed by atoms with Crippen LogP contribution < -0.4 is 4.72 Å². The van der Waals surface area contributed by atoms with Crippen LogP contribution in [0.4, 0.5) is 4.39 Å². The third-order valence-electron chi connectivity index (χ3n) is 3.42. The lowest BCUT2D eigenvalue weighted by molar-refractivity contribution is -0.148. The Morgan fingerprint density at radius 1 is 1.57 bits per heavy atom. The maximum atomic E-state index is 13.8. The second-order valence-electron chi connectivity index (χ2n) is 4.99. The van der Waals surface area contributed by atoms with E-state index in [1.54, 1.807) is 0 Å². The summed E-state index contributed by atoms with van der Waals surface area (Å²) in [6, 6.07) is 2.55. The molecule has 9 heteroatoms. The molecule has 21 heavy (non-hydrogen) atoms. The van der Waals surface area contributed by atoms with Gasteiger partial charge >= 0.3 is 5.97 Å². The summed E-state index contributed by atoms with van der Waals surface area (Å²) in [6.45, 7) is 1.19. The van der Waals surface area contributed by atoms with Gasteiger partial charge in [-0.15, -0.1) is 0 Å². The highest BCUT2D eigenvalue weighted by Crippen LogP contribution is 2.30. The molecule has 2 rings (SSSR count). The molecule has 1 heterocycles. The number of hydrogen-bond donors (Lipinski definition) is 2. The molecule has 6 nitrogen and oxygen atoms in total. The Kier molecular flexibility index (Phi) is 4.39. The van der Waals surface area contributed by atoms with Crippen molar-refractivity contribution in [1.82, 2.24) is 4.72 Å². The zero-order chi connectivity index (χ0) is 15.8. The molecule has 0 aromatic heterocycles. The van der Waals surface area contributed by atoms with Crippen molar-refractivity contribution in [3.8, 4) is 0 Å². The van der Waals surface area contributed by atoms with Crippen LogP contribution in [0.15, 0.2) is 27.6 Å². The third kappa shape index (κ3) is 3.10. The summed E-state index contributed by atoms with van der Waals surface area (Å²) in [5, 5.41) is 9.21. The average molecular weight is 382 g/mol. The summed E-state index contributed by atoms with van der Waals surface area (Å²) in [6.07, 6.45) is 0. The lowest BCUT2D eigenvalue weighted by atomic mass is 9.86. The van der Waals surface area contributed by atoms with Gasteiger partial charge in [0.05, 0.1) is 19.3 Å².